The lowest BCUT2D eigenvalue weighted by molar-refractivity contribution is -0.120. The largest absolute Gasteiger partial charge is 0.295 e. The molecule has 72 valence electrons. The zero-order valence-electron chi connectivity index (χ0n) is 8.76. The molecule has 0 aromatic rings. The van der Waals surface area contributed by atoms with E-state index in [1.807, 2.05) is 0 Å². The van der Waals surface area contributed by atoms with E-state index in [0.29, 0.717) is 17.6 Å². The second-order valence-corrected chi connectivity index (χ2v) is 5.45. The summed E-state index contributed by atoms with van der Waals surface area (Å²) in [6.45, 7) is 6.70. The molecule has 0 spiro atoms. The molecule has 13 heavy (non-hydrogen) atoms. The summed E-state index contributed by atoms with van der Waals surface area (Å²) in [7, 11) is 0. The van der Waals surface area contributed by atoms with Gasteiger partial charge in [-0.25, -0.2) is 0 Å². The van der Waals surface area contributed by atoms with E-state index in [2.05, 4.69) is 26.8 Å². The van der Waals surface area contributed by atoms with Crippen molar-refractivity contribution in [1.82, 2.24) is 0 Å². The van der Waals surface area contributed by atoms with Gasteiger partial charge in [0.2, 0.25) is 0 Å². The number of fused-ring (bicyclic) bond motifs is 1. The Bertz CT molecular complexity index is 273. The molecule has 1 nitrogen and oxygen atoms in total. The summed E-state index contributed by atoms with van der Waals surface area (Å²) in [6, 6.07) is 0. The van der Waals surface area contributed by atoms with Crippen molar-refractivity contribution in [1.29, 1.82) is 0 Å². The molecule has 2 rings (SSSR count). The van der Waals surface area contributed by atoms with E-state index < -0.39 is 0 Å². The topological polar surface area (TPSA) is 17.1 Å². The van der Waals surface area contributed by atoms with Gasteiger partial charge in [-0.1, -0.05) is 26.8 Å². The fourth-order valence-corrected chi connectivity index (χ4v) is 2.77. The summed E-state index contributed by atoms with van der Waals surface area (Å²) < 4.78 is 0. The molecular weight excluding hydrogens is 160 g/mol. The highest BCUT2D eigenvalue weighted by atomic mass is 16.1. The number of carbonyl (C=O) groups is 1. The molecule has 0 heterocycles. The molecule has 1 heteroatoms. The van der Waals surface area contributed by atoms with Gasteiger partial charge in [-0.05, 0) is 35.7 Å². The lowest BCUT2D eigenvalue weighted by Crippen LogP contribution is -2.31. The molecule has 0 radical (unpaired) electrons. The minimum absolute atomic E-state index is 0.234. The maximum Gasteiger partial charge on any atom is 0.159 e. The van der Waals surface area contributed by atoms with E-state index in [1.54, 1.807) is 0 Å². The number of Topliss-reactive ketones (excluding diaryl/α,β-unsaturated/α-hetero) is 1. The summed E-state index contributed by atoms with van der Waals surface area (Å²) in [5.41, 5.74) is 1.38. The van der Waals surface area contributed by atoms with E-state index in [0.717, 1.165) is 18.4 Å². The van der Waals surface area contributed by atoms with Crippen LogP contribution in [0.15, 0.2) is 11.6 Å². The molecule has 1 saturated carbocycles. The van der Waals surface area contributed by atoms with Crippen molar-refractivity contribution in [3.05, 3.63) is 11.6 Å². The maximum atomic E-state index is 11.8. The van der Waals surface area contributed by atoms with Gasteiger partial charge in [0, 0.05) is 6.42 Å². The van der Waals surface area contributed by atoms with Crippen LogP contribution in [-0.4, -0.2) is 5.78 Å². The van der Waals surface area contributed by atoms with Gasteiger partial charge in [0.1, 0.15) is 0 Å². The number of hydrogen-bond acceptors (Lipinski definition) is 1. The zero-order valence-corrected chi connectivity index (χ0v) is 8.76. The molecule has 0 aliphatic heterocycles. The van der Waals surface area contributed by atoms with Crippen molar-refractivity contribution >= 4 is 5.78 Å². The summed E-state index contributed by atoms with van der Waals surface area (Å²) >= 11 is 0. The molecule has 2 atom stereocenters. The molecule has 0 amide bonds. The van der Waals surface area contributed by atoms with Crippen LogP contribution in [0.1, 0.15) is 40.0 Å². The van der Waals surface area contributed by atoms with Gasteiger partial charge >= 0.3 is 0 Å². The highest BCUT2D eigenvalue weighted by Gasteiger charge is 2.40. The van der Waals surface area contributed by atoms with E-state index in [4.69, 9.17) is 0 Å². The molecule has 2 aliphatic carbocycles. The highest BCUT2D eigenvalue weighted by Crippen LogP contribution is 2.46. The minimum atomic E-state index is 0.234. The van der Waals surface area contributed by atoms with Gasteiger partial charge < -0.3 is 0 Å². The molecule has 0 bridgehead atoms. The predicted molar refractivity (Wildman–Crippen MR) is 53.4 cm³/mol. The Morgan fingerprint density at radius 3 is 2.85 bits per heavy atom. The van der Waals surface area contributed by atoms with Crippen LogP contribution in [0, 0.1) is 17.3 Å². The smallest absolute Gasteiger partial charge is 0.159 e. The van der Waals surface area contributed by atoms with Crippen LogP contribution < -0.4 is 0 Å². The fraction of sp³-hybridized carbons (Fsp3) is 0.750. The van der Waals surface area contributed by atoms with Gasteiger partial charge in [-0.2, -0.15) is 0 Å². The van der Waals surface area contributed by atoms with Gasteiger partial charge in [-0.15, -0.1) is 0 Å². The van der Waals surface area contributed by atoms with Crippen molar-refractivity contribution in [2.75, 3.05) is 0 Å². The number of carbonyl (C=O) groups excluding carboxylic acids is 1. The molecule has 0 aromatic heterocycles. The maximum absolute atomic E-state index is 11.8. The minimum Gasteiger partial charge on any atom is -0.295 e. The lowest BCUT2D eigenvalue weighted by Gasteiger charge is -2.35. The average molecular weight is 178 g/mol. The lowest BCUT2D eigenvalue weighted by atomic mass is 9.68. The van der Waals surface area contributed by atoms with Gasteiger partial charge in [0.05, 0.1) is 0 Å². The summed E-state index contributed by atoms with van der Waals surface area (Å²) in [6.07, 6.45) is 5.24. The summed E-state index contributed by atoms with van der Waals surface area (Å²) in [4.78, 5) is 11.8. The van der Waals surface area contributed by atoms with Crippen LogP contribution in [0.25, 0.3) is 0 Å². The van der Waals surface area contributed by atoms with Crippen molar-refractivity contribution in [2.24, 2.45) is 17.3 Å². The average Bonchev–Trinajstić information content (AvgIpc) is 2.30. The van der Waals surface area contributed by atoms with Crippen LogP contribution in [0.5, 0.6) is 0 Å². The second kappa shape index (κ2) is 2.70. The van der Waals surface area contributed by atoms with Crippen molar-refractivity contribution in [2.45, 2.75) is 40.0 Å². The quantitative estimate of drug-likeness (QED) is 0.557. The van der Waals surface area contributed by atoms with Crippen LogP contribution in [0.4, 0.5) is 0 Å². The fourth-order valence-electron chi connectivity index (χ4n) is 2.77. The van der Waals surface area contributed by atoms with Crippen LogP contribution >= 0.6 is 0 Å². The normalized spacial score (nSPS) is 37.2. The zero-order chi connectivity index (χ0) is 9.64. The third kappa shape index (κ3) is 1.45. The van der Waals surface area contributed by atoms with Crippen molar-refractivity contribution in [3.8, 4) is 0 Å². The Hall–Kier alpha value is -0.590. The van der Waals surface area contributed by atoms with Gasteiger partial charge in [-0.3, -0.25) is 4.79 Å². The summed E-state index contributed by atoms with van der Waals surface area (Å²) in [5, 5.41) is 0. The summed E-state index contributed by atoms with van der Waals surface area (Å²) in [5.74, 6) is 1.67. The first kappa shape index (κ1) is 8.98. The van der Waals surface area contributed by atoms with Crippen LogP contribution in [-0.2, 0) is 4.79 Å². The predicted octanol–water partition coefficient (Wildman–Crippen LogP) is 2.96. The first-order chi connectivity index (χ1) is 5.99. The molecule has 2 unspecified atom stereocenters. The Balaban J connectivity index is 2.26. The third-order valence-electron chi connectivity index (χ3n) is 3.53. The standard InChI is InChI=1S/C12H18O/c1-8-4-5-9-10(8)6-12(2,3)7-11(9)13/h5,8,10H,4,6-7H2,1-3H3. The molecular formula is C12H18O. The van der Waals surface area contributed by atoms with E-state index in [9.17, 15) is 4.79 Å². The number of ketones is 1. The number of allylic oxidation sites excluding steroid dienone is 2. The monoisotopic (exact) mass is 178 g/mol. The Morgan fingerprint density at radius 2 is 2.15 bits per heavy atom. The first-order valence-electron chi connectivity index (χ1n) is 5.23. The Morgan fingerprint density at radius 1 is 1.46 bits per heavy atom. The van der Waals surface area contributed by atoms with E-state index in [1.165, 1.54) is 6.42 Å². The third-order valence-corrected chi connectivity index (χ3v) is 3.53. The van der Waals surface area contributed by atoms with Crippen molar-refractivity contribution in [3.63, 3.8) is 0 Å². The van der Waals surface area contributed by atoms with E-state index in [-0.39, 0.29) is 5.41 Å². The van der Waals surface area contributed by atoms with Gasteiger partial charge in [0.25, 0.3) is 0 Å². The van der Waals surface area contributed by atoms with Crippen LogP contribution in [0.3, 0.4) is 0 Å². The van der Waals surface area contributed by atoms with Crippen molar-refractivity contribution < 1.29 is 4.79 Å². The SMILES string of the molecule is CC1CC=C2C(=O)CC(C)(C)CC21. The van der Waals surface area contributed by atoms with Crippen LogP contribution in [0.2, 0.25) is 0 Å². The Labute approximate surface area is 80.2 Å². The number of hydrogen-bond donors (Lipinski definition) is 0. The highest BCUT2D eigenvalue weighted by molar-refractivity contribution is 5.97. The molecule has 0 saturated heterocycles. The second-order valence-electron chi connectivity index (χ2n) is 5.45. The first-order valence-corrected chi connectivity index (χ1v) is 5.23. The van der Waals surface area contributed by atoms with E-state index >= 15 is 0 Å². The molecule has 2 aliphatic rings. The van der Waals surface area contributed by atoms with Gasteiger partial charge in [0.15, 0.2) is 5.78 Å². The number of rotatable bonds is 0. The molecule has 0 N–H and O–H groups in total. The Kier molecular flexibility index (Phi) is 1.86. The molecule has 1 fully saturated rings. The molecule has 0 aromatic carbocycles.